The van der Waals surface area contributed by atoms with Gasteiger partial charge in [-0.25, -0.2) is 0 Å². The van der Waals surface area contributed by atoms with Gasteiger partial charge in [0.15, 0.2) is 0 Å². The van der Waals surface area contributed by atoms with Crippen LogP contribution in [0.2, 0.25) is 0 Å². The lowest BCUT2D eigenvalue weighted by Gasteiger charge is -2.27. The summed E-state index contributed by atoms with van der Waals surface area (Å²) in [6, 6.07) is 6.72. The van der Waals surface area contributed by atoms with Gasteiger partial charge in [-0.1, -0.05) is 6.07 Å². The van der Waals surface area contributed by atoms with Gasteiger partial charge in [-0.15, -0.1) is 5.10 Å². The molecule has 28 heavy (non-hydrogen) atoms. The van der Waals surface area contributed by atoms with Crippen molar-refractivity contribution in [3.05, 3.63) is 57.1 Å². The van der Waals surface area contributed by atoms with Crippen LogP contribution in [-0.2, 0) is 11.3 Å². The van der Waals surface area contributed by atoms with Crippen molar-refractivity contribution in [3.8, 4) is 11.9 Å². The van der Waals surface area contributed by atoms with Crippen LogP contribution in [0.5, 0.6) is 5.88 Å². The summed E-state index contributed by atoms with van der Waals surface area (Å²) < 4.78 is 11.1. The van der Waals surface area contributed by atoms with Crippen molar-refractivity contribution < 1.29 is 14.4 Å². The molecule has 0 bridgehead atoms. The number of aromatic amines is 1. The molecule has 1 fully saturated rings. The minimum Gasteiger partial charge on any atom is -0.420 e. The Bertz CT molecular complexity index is 979. The summed E-state index contributed by atoms with van der Waals surface area (Å²) in [5.74, 6) is 0.317. The fourth-order valence-electron chi connectivity index (χ4n) is 4.23. The van der Waals surface area contributed by atoms with E-state index in [0.717, 1.165) is 55.2 Å². The first kappa shape index (κ1) is 18.5. The monoisotopic (exact) mass is 380 g/mol. The lowest BCUT2D eigenvalue weighted by Crippen LogP contribution is -3.12. The molecule has 0 saturated carbocycles. The predicted molar refractivity (Wildman–Crippen MR) is 104 cm³/mol. The molecule has 2 aliphatic rings. The molecule has 1 atom stereocenters. The fraction of sp³-hybridized carbons (Fsp3) is 0.429. The van der Waals surface area contributed by atoms with Crippen LogP contribution >= 0.6 is 0 Å². The van der Waals surface area contributed by atoms with E-state index in [9.17, 15) is 5.26 Å². The van der Waals surface area contributed by atoms with Gasteiger partial charge in [0.2, 0.25) is 11.8 Å². The Labute approximate surface area is 164 Å². The van der Waals surface area contributed by atoms with Crippen LogP contribution in [-0.4, -0.2) is 36.5 Å². The molecule has 0 unspecified atom stereocenters. The summed E-state index contributed by atoms with van der Waals surface area (Å²) in [5, 5.41) is 17.0. The number of nitrogens with two attached hydrogens (primary N) is 1. The van der Waals surface area contributed by atoms with Crippen molar-refractivity contribution in [3.63, 3.8) is 0 Å². The number of fused-ring (bicyclic) bond motifs is 1. The molecule has 146 valence electrons. The number of hydrogen-bond acceptors (Lipinski definition) is 5. The van der Waals surface area contributed by atoms with Crippen molar-refractivity contribution >= 4 is 0 Å². The van der Waals surface area contributed by atoms with E-state index in [1.54, 1.807) is 0 Å². The summed E-state index contributed by atoms with van der Waals surface area (Å²) in [7, 11) is 0. The van der Waals surface area contributed by atoms with Crippen LogP contribution in [0.3, 0.4) is 0 Å². The number of ether oxygens (including phenoxy) is 2. The Morgan fingerprint density at radius 2 is 2.00 bits per heavy atom. The first-order chi connectivity index (χ1) is 13.5. The van der Waals surface area contributed by atoms with E-state index in [1.165, 1.54) is 16.0 Å². The minimum atomic E-state index is -0.272. The van der Waals surface area contributed by atoms with E-state index in [2.05, 4.69) is 42.2 Å². The zero-order chi connectivity index (χ0) is 19.8. The molecule has 4 rings (SSSR count). The van der Waals surface area contributed by atoms with Crippen molar-refractivity contribution in [2.24, 2.45) is 5.73 Å². The molecule has 7 nitrogen and oxygen atoms in total. The van der Waals surface area contributed by atoms with Crippen LogP contribution in [0, 0.1) is 32.1 Å². The number of rotatable bonds is 3. The second kappa shape index (κ2) is 7.30. The van der Waals surface area contributed by atoms with E-state index in [-0.39, 0.29) is 11.8 Å². The van der Waals surface area contributed by atoms with Crippen molar-refractivity contribution in [2.75, 3.05) is 26.3 Å². The van der Waals surface area contributed by atoms with Gasteiger partial charge in [0.1, 0.15) is 31.3 Å². The lowest BCUT2D eigenvalue weighted by molar-refractivity contribution is -0.921. The standard InChI is InChI=1S/C21H25N5O2/c1-12-8-13(2)16(9-15(12)11-26-4-6-27-7-5-26)19-17(10-22)20(23)28-21-18(19)14(3)24-25-21/h8-9,19H,4-7,11,23H2,1-3H3,(H,24,25)/p+1/t19-/m0/s1. The number of morpholine rings is 1. The quantitative estimate of drug-likeness (QED) is 0.737. The van der Waals surface area contributed by atoms with Crippen molar-refractivity contribution in [2.45, 2.75) is 33.2 Å². The topological polar surface area (TPSA) is 101 Å². The van der Waals surface area contributed by atoms with Gasteiger partial charge in [0, 0.05) is 16.8 Å². The molecule has 1 aromatic carbocycles. The zero-order valence-electron chi connectivity index (χ0n) is 16.6. The van der Waals surface area contributed by atoms with Crippen LogP contribution < -0.4 is 15.4 Å². The van der Waals surface area contributed by atoms with Crippen LogP contribution in [0.25, 0.3) is 0 Å². The summed E-state index contributed by atoms with van der Waals surface area (Å²) in [5.41, 5.74) is 13.1. The summed E-state index contributed by atoms with van der Waals surface area (Å²) in [6.45, 7) is 10.8. The van der Waals surface area contributed by atoms with Gasteiger partial charge >= 0.3 is 0 Å². The highest BCUT2D eigenvalue weighted by Crippen LogP contribution is 2.43. The summed E-state index contributed by atoms with van der Waals surface area (Å²) in [4.78, 5) is 1.52. The Hall–Kier alpha value is -2.82. The minimum absolute atomic E-state index is 0.131. The normalized spacial score (nSPS) is 19.9. The second-order valence-electron chi connectivity index (χ2n) is 7.67. The number of H-pyrrole nitrogens is 1. The highest BCUT2D eigenvalue weighted by atomic mass is 16.5. The molecular formula is C21H26N5O2+. The number of aryl methyl sites for hydroxylation is 3. The number of quaternary nitrogens is 1. The van der Waals surface area contributed by atoms with Gasteiger partial charge in [-0.2, -0.15) is 5.26 Å². The van der Waals surface area contributed by atoms with E-state index >= 15 is 0 Å². The first-order valence-corrected chi connectivity index (χ1v) is 9.63. The number of nitrogens with zero attached hydrogens (tertiary/aromatic N) is 2. The molecule has 1 aromatic heterocycles. The molecule has 4 N–H and O–H groups in total. The smallest absolute Gasteiger partial charge is 0.244 e. The Morgan fingerprint density at radius 3 is 2.71 bits per heavy atom. The zero-order valence-corrected chi connectivity index (χ0v) is 16.6. The van der Waals surface area contributed by atoms with Crippen LogP contribution in [0.1, 0.15) is 39.4 Å². The molecule has 0 spiro atoms. The fourth-order valence-corrected chi connectivity index (χ4v) is 4.23. The third kappa shape index (κ3) is 3.15. The van der Waals surface area contributed by atoms with Crippen molar-refractivity contribution in [1.82, 2.24) is 10.2 Å². The molecule has 1 saturated heterocycles. The van der Waals surface area contributed by atoms with Crippen LogP contribution in [0.15, 0.2) is 23.6 Å². The van der Waals surface area contributed by atoms with Gasteiger partial charge < -0.3 is 20.1 Å². The van der Waals surface area contributed by atoms with Gasteiger partial charge in [0.05, 0.1) is 19.1 Å². The maximum atomic E-state index is 9.81. The average Bonchev–Trinajstić information content (AvgIpc) is 3.04. The van der Waals surface area contributed by atoms with E-state index in [4.69, 9.17) is 15.2 Å². The SMILES string of the molecule is Cc1cc(C)c([C@H]2C(C#N)=C(N)Oc3n[nH]c(C)c32)cc1C[NH+]1CCOCC1. The van der Waals surface area contributed by atoms with Crippen LogP contribution in [0.4, 0.5) is 0 Å². The molecule has 7 heteroatoms. The molecule has 0 amide bonds. The molecule has 0 aliphatic carbocycles. The Kier molecular flexibility index (Phi) is 4.84. The van der Waals surface area contributed by atoms with Gasteiger partial charge in [0.25, 0.3) is 0 Å². The van der Waals surface area contributed by atoms with Gasteiger partial charge in [-0.3, -0.25) is 5.10 Å². The number of aromatic nitrogens is 2. The largest absolute Gasteiger partial charge is 0.420 e. The van der Waals surface area contributed by atoms with Gasteiger partial charge in [-0.05, 0) is 43.5 Å². The van der Waals surface area contributed by atoms with E-state index in [1.807, 2.05) is 6.92 Å². The lowest BCUT2D eigenvalue weighted by atomic mass is 9.81. The Balaban J connectivity index is 1.80. The number of benzene rings is 1. The molecule has 0 radical (unpaired) electrons. The molecular weight excluding hydrogens is 354 g/mol. The summed E-state index contributed by atoms with van der Waals surface area (Å²) >= 11 is 0. The number of allylic oxidation sites excluding steroid dienone is 1. The van der Waals surface area contributed by atoms with E-state index in [0.29, 0.717) is 11.5 Å². The third-order valence-electron chi connectivity index (χ3n) is 5.81. The highest BCUT2D eigenvalue weighted by Gasteiger charge is 2.35. The first-order valence-electron chi connectivity index (χ1n) is 9.63. The molecule has 2 aliphatic heterocycles. The average molecular weight is 380 g/mol. The summed E-state index contributed by atoms with van der Waals surface area (Å²) in [6.07, 6.45) is 0. The third-order valence-corrected chi connectivity index (χ3v) is 5.81. The second-order valence-corrected chi connectivity index (χ2v) is 7.67. The number of hydrogen-bond donors (Lipinski definition) is 3. The predicted octanol–water partition coefficient (Wildman–Crippen LogP) is 0.968. The Morgan fingerprint density at radius 1 is 1.25 bits per heavy atom. The molecule has 3 heterocycles. The van der Waals surface area contributed by atoms with Crippen molar-refractivity contribution in [1.29, 1.82) is 5.26 Å². The maximum absolute atomic E-state index is 9.81. The number of nitrogens with one attached hydrogen (secondary N) is 2. The highest BCUT2D eigenvalue weighted by molar-refractivity contribution is 5.57. The molecule has 2 aromatic rings. The number of nitriles is 1. The van der Waals surface area contributed by atoms with E-state index < -0.39 is 0 Å². The maximum Gasteiger partial charge on any atom is 0.244 e.